The van der Waals surface area contributed by atoms with Crippen molar-refractivity contribution >= 4 is 17.7 Å². The van der Waals surface area contributed by atoms with Crippen molar-refractivity contribution in [2.45, 2.75) is 44.9 Å². The van der Waals surface area contributed by atoms with E-state index in [1.165, 1.54) is 4.90 Å². The Morgan fingerprint density at radius 1 is 1.25 bits per heavy atom. The van der Waals surface area contributed by atoms with Gasteiger partial charge in [0.2, 0.25) is 11.8 Å². The maximum atomic E-state index is 12.8. The lowest BCUT2D eigenvalue weighted by atomic mass is 10.0. The molecular formula is C19H21N5O4. The molecule has 1 aromatic carbocycles. The molecule has 0 radical (unpaired) electrons. The molecule has 3 heterocycles. The van der Waals surface area contributed by atoms with Gasteiger partial charge in [0.05, 0.1) is 11.9 Å². The molecule has 0 saturated carbocycles. The summed E-state index contributed by atoms with van der Waals surface area (Å²) in [6, 6.07) is 4.78. The molecule has 1 aromatic heterocycles. The number of aromatic nitrogens is 3. The summed E-state index contributed by atoms with van der Waals surface area (Å²) >= 11 is 0. The number of piperidine rings is 1. The summed E-state index contributed by atoms with van der Waals surface area (Å²) in [7, 11) is 1.61. The van der Waals surface area contributed by atoms with Gasteiger partial charge in [-0.1, -0.05) is 5.21 Å². The van der Waals surface area contributed by atoms with E-state index in [1.54, 1.807) is 30.1 Å². The first kappa shape index (κ1) is 18.3. The number of nitrogens with zero attached hydrogens (tertiary/aromatic N) is 4. The van der Waals surface area contributed by atoms with Crippen molar-refractivity contribution in [3.8, 4) is 5.69 Å². The third kappa shape index (κ3) is 2.97. The second-order valence-electron chi connectivity index (χ2n) is 7.50. The fraction of sp³-hybridized carbons (Fsp3) is 0.421. The van der Waals surface area contributed by atoms with E-state index in [0.717, 1.165) is 11.3 Å². The van der Waals surface area contributed by atoms with Gasteiger partial charge in [-0.3, -0.25) is 19.7 Å². The number of ether oxygens (including phenoxy) is 1. The van der Waals surface area contributed by atoms with Crippen LogP contribution in [-0.2, 0) is 26.5 Å². The first-order valence-electron chi connectivity index (χ1n) is 9.06. The molecule has 9 nitrogen and oxygen atoms in total. The predicted octanol–water partition coefficient (Wildman–Crippen LogP) is 0.910. The third-order valence-corrected chi connectivity index (χ3v) is 5.39. The van der Waals surface area contributed by atoms with Crippen molar-refractivity contribution in [1.29, 1.82) is 0 Å². The van der Waals surface area contributed by atoms with Gasteiger partial charge >= 0.3 is 0 Å². The number of fused-ring (bicyclic) bond motifs is 1. The minimum Gasteiger partial charge on any atom is -0.372 e. The van der Waals surface area contributed by atoms with Gasteiger partial charge in [-0.15, -0.1) is 5.10 Å². The van der Waals surface area contributed by atoms with E-state index in [9.17, 15) is 14.4 Å². The maximum absolute atomic E-state index is 12.8. The van der Waals surface area contributed by atoms with Gasteiger partial charge in [-0.2, -0.15) is 0 Å². The van der Waals surface area contributed by atoms with Crippen LogP contribution in [-0.4, -0.2) is 50.8 Å². The number of amides is 3. The van der Waals surface area contributed by atoms with E-state index in [2.05, 4.69) is 15.6 Å². The molecule has 2 aromatic rings. The average Bonchev–Trinajstić information content (AvgIpc) is 3.28. The third-order valence-electron chi connectivity index (χ3n) is 5.39. The van der Waals surface area contributed by atoms with E-state index in [0.29, 0.717) is 24.2 Å². The van der Waals surface area contributed by atoms with Crippen LogP contribution in [0.15, 0.2) is 24.4 Å². The van der Waals surface area contributed by atoms with Crippen molar-refractivity contribution in [1.82, 2.24) is 25.2 Å². The van der Waals surface area contributed by atoms with Gasteiger partial charge in [-0.25, -0.2) is 4.68 Å². The molecule has 3 amide bonds. The van der Waals surface area contributed by atoms with E-state index in [1.807, 2.05) is 19.9 Å². The Morgan fingerprint density at radius 2 is 2.04 bits per heavy atom. The van der Waals surface area contributed by atoms with Gasteiger partial charge < -0.3 is 9.64 Å². The van der Waals surface area contributed by atoms with E-state index in [4.69, 9.17) is 4.74 Å². The van der Waals surface area contributed by atoms with Gasteiger partial charge in [0, 0.05) is 25.6 Å². The Morgan fingerprint density at radius 3 is 2.75 bits per heavy atom. The number of hydrogen-bond acceptors (Lipinski definition) is 6. The molecule has 1 fully saturated rings. The average molecular weight is 383 g/mol. The summed E-state index contributed by atoms with van der Waals surface area (Å²) < 4.78 is 7.07. The topological polar surface area (TPSA) is 106 Å². The zero-order valence-electron chi connectivity index (χ0n) is 15.9. The molecule has 1 unspecified atom stereocenters. The number of rotatable bonds is 4. The number of imide groups is 1. The molecular weight excluding hydrogens is 362 g/mol. The Kier molecular flexibility index (Phi) is 4.26. The highest BCUT2D eigenvalue weighted by molar-refractivity contribution is 6.05. The minimum atomic E-state index is -0.624. The smallest absolute Gasteiger partial charge is 0.255 e. The van der Waals surface area contributed by atoms with Crippen LogP contribution in [0.1, 0.15) is 48.3 Å². The summed E-state index contributed by atoms with van der Waals surface area (Å²) in [4.78, 5) is 37.8. The van der Waals surface area contributed by atoms with E-state index < -0.39 is 17.6 Å². The lowest BCUT2D eigenvalue weighted by Crippen LogP contribution is -2.52. The van der Waals surface area contributed by atoms with Crippen LogP contribution in [0.5, 0.6) is 0 Å². The second kappa shape index (κ2) is 6.52. The van der Waals surface area contributed by atoms with Crippen molar-refractivity contribution in [2.75, 3.05) is 7.11 Å². The Balaban J connectivity index is 1.59. The monoisotopic (exact) mass is 383 g/mol. The summed E-state index contributed by atoms with van der Waals surface area (Å²) in [5.41, 5.74) is 2.27. The number of carbonyl (C=O) groups is 3. The number of benzene rings is 1. The van der Waals surface area contributed by atoms with Crippen molar-refractivity contribution in [3.05, 3.63) is 41.2 Å². The molecule has 1 saturated heterocycles. The molecule has 9 heteroatoms. The largest absolute Gasteiger partial charge is 0.372 e. The van der Waals surface area contributed by atoms with Crippen molar-refractivity contribution in [3.63, 3.8) is 0 Å². The molecule has 0 bridgehead atoms. The van der Waals surface area contributed by atoms with Crippen LogP contribution in [0.2, 0.25) is 0 Å². The second-order valence-corrected chi connectivity index (χ2v) is 7.50. The summed E-state index contributed by atoms with van der Waals surface area (Å²) in [6.45, 7) is 4.13. The Hall–Kier alpha value is -3.07. The number of carbonyl (C=O) groups excluding carboxylic acids is 3. The first-order chi connectivity index (χ1) is 13.3. The van der Waals surface area contributed by atoms with Crippen LogP contribution in [0.3, 0.4) is 0 Å². The predicted molar refractivity (Wildman–Crippen MR) is 97.4 cm³/mol. The zero-order chi connectivity index (χ0) is 20.1. The quantitative estimate of drug-likeness (QED) is 0.787. The van der Waals surface area contributed by atoms with Gasteiger partial charge in [0.1, 0.15) is 17.3 Å². The summed E-state index contributed by atoms with van der Waals surface area (Å²) in [5.74, 6) is -0.912. The Bertz CT molecular complexity index is 980. The molecule has 146 valence electrons. The molecule has 0 spiro atoms. The molecule has 1 atom stereocenters. The molecule has 1 N–H and O–H groups in total. The normalized spacial score (nSPS) is 19.8. The van der Waals surface area contributed by atoms with E-state index >= 15 is 0 Å². The lowest BCUT2D eigenvalue weighted by Gasteiger charge is -2.29. The molecule has 28 heavy (non-hydrogen) atoms. The van der Waals surface area contributed by atoms with Crippen LogP contribution in [0.4, 0.5) is 0 Å². The molecule has 2 aliphatic rings. The lowest BCUT2D eigenvalue weighted by molar-refractivity contribution is -0.136. The van der Waals surface area contributed by atoms with E-state index in [-0.39, 0.29) is 18.2 Å². The number of nitrogens with one attached hydrogen (secondary N) is 1. The minimum absolute atomic E-state index is 0.198. The molecule has 4 rings (SSSR count). The van der Waals surface area contributed by atoms with Crippen LogP contribution in [0.25, 0.3) is 5.69 Å². The number of hydrogen-bond donors (Lipinski definition) is 1. The fourth-order valence-corrected chi connectivity index (χ4v) is 3.47. The van der Waals surface area contributed by atoms with Crippen LogP contribution < -0.4 is 5.32 Å². The standard InChI is InChI=1S/C19H21N5O4/c1-19(2,28-3)15-10-24(22-21-15)12-4-5-13-11(8-12)9-23(18(13)27)14-6-7-16(25)20-17(14)26/h4-5,8,10,14H,6-7,9H2,1-3H3,(H,20,25,26). The highest BCUT2D eigenvalue weighted by Crippen LogP contribution is 2.29. The fourth-order valence-electron chi connectivity index (χ4n) is 3.47. The highest BCUT2D eigenvalue weighted by Gasteiger charge is 2.39. The first-order valence-corrected chi connectivity index (χ1v) is 9.06. The maximum Gasteiger partial charge on any atom is 0.255 e. The Labute approximate surface area is 161 Å². The van der Waals surface area contributed by atoms with Gasteiger partial charge in [-0.05, 0) is 44.0 Å². The van der Waals surface area contributed by atoms with Crippen molar-refractivity contribution in [2.24, 2.45) is 0 Å². The highest BCUT2D eigenvalue weighted by atomic mass is 16.5. The van der Waals surface area contributed by atoms with Gasteiger partial charge in [0.25, 0.3) is 5.91 Å². The van der Waals surface area contributed by atoms with Crippen molar-refractivity contribution < 1.29 is 19.1 Å². The SMILES string of the molecule is COC(C)(C)c1cn(-c2ccc3c(c2)CN(C2CCC(=O)NC2=O)C3=O)nn1. The number of methoxy groups -OCH3 is 1. The van der Waals surface area contributed by atoms with Gasteiger partial charge in [0.15, 0.2) is 0 Å². The van der Waals surface area contributed by atoms with Crippen LogP contribution in [0, 0.1) is 0 Å². The molecule has 2 aliphatic heterocycles. The summed E-state index contributed by atoms with van der Waals surface area (Å²) in [5, 5.41) is 10.6. The molecule has 0 aliphatic carbocycles. The zero-order valence-corrected chi connectivity index (χ0v) is 15.9. The summed E-state index contributed by atoms with van der Waals surface area (Å²) in [6.07, 6.45) is 2.37. The van der Waals surface area contributed by atoms with Crippen LogP contribution >= 0.6 is 0 Å².